The van der Waals surface area contributed by atoms with Crippen molar-refractivity contribution in [3.8, 4) is 11.5 Å². The third-order valence-corrected chi connectivity index (χ3v) is 5.85. The Morgan fingerprint density at radius 2 is 1.70 bits per heavy atom. The van der Waals surface area contributed by atoms with Gasteiger partial charge in [-0.05, 0) is 64.7 Å². The molecule has 0 spiro atoms. The minimum Gasteiger partial charge on any atom is -0.497 e. The lowest BCUT2D eigenvalue weighted by atomic mass is 9.74. The van der Waals surface area contributed by atoms with Crippen LogP contribution < -0.4 is 14.8 Å². The van der Waals surface area contributed by atoms with Gasteiger partial charge in [0.25, 0.3) is 5.91 Å². The van der Waals surface area contributed by atoms with Crippen molar-refractivity contribution in [2.24, 2.45) is 0 Å². The number of amides is 1. The van der Waals surface area contributed by atoms with Crippen LogP contribution >= 0.6 is 15.9 Å². The molecule has 0 aromatic heterocycles. The molecule has 0 aliphatic carbocycles. The molecule has 0 saturated carbocycles. The Morgan fingerprint density at radius 1 is 1.07 bits per heavy atom. The number of carbonyl (C=O) groups excluding carboxylic acids is 1. The zero-order valence-corrected chi connectivity index (χ0v) is 17.2. The summed E-state index contributed by atoms with van der Waals surface area (Å²) >= 11 is 3.45. The van der Waals surface area contributed by atoms with Gasteiger partial charge in [0.1, 0.15) is 11.5 Å². The summed E-state index contributed by atoms with van der Waals surface area (Å²) in [4.78, 5) is 12.8. The first-order chi connectivity index (χ1) is 13.1. The van der Waals surface area contributed by atoms with Gasteiger partial charge < -0.3 is 19.5 Å². The molecular weight excluding hydrogens is 410 g/mol. The van der Waals surface area contributed by atoms with Crippen molar-refractivity contribution in [2.45, 2.75) is 18.3 Å². The first-order valence-corrected chi connectivity index (χ1v) is 9.71. The number of ether oxygens (including phenoxy) is 3. The van der Waals surface area contributed by atoms with Gasteiger partial charge in [0.2, 0.25) is 0 Å². The molecule has 5 nitrogen and oxygen atoms in total. The smallest absolute Gasteiger partial charge is 0.252 e. The predicted octanol–water partition coefficient (Wildman–Crippen LogP) is 3.94. The second-order valence-corrected chi connectivity index (χ2v) is 7.50. The monoisotopic (exact) mass is 433 g/mol. The van der Waals surface area contributed by atoms with E-state index in [0.29, 0.717) is 31.1 Å². The zero-order chi connectivity index (χ0) is 19.3. The Hall–Kier alpha value is -2.05. The molecule has 27 heavy (non-hydrogen) atoms. The summed E-state index contributed by atoms with van der Waals surface area (Å²) in [5, 5.41) is 3.12. The number of hydrogen-bond donors (Lipinski definition) is 1. The Balaban J connectivity index is 1.80. The highest BCUT2D eigenvalue weighted by Gasteiger charge is 2.35. The van der Waals surface area contributed by atoms with Crippen molar-refractivity contribution in [3.63, 3.8) is 0 Å². The van der Waals surface area contributed by atoms with E-state index in [4.69, 9.17) is 14.2 Å². The third kappa shape index (κ3) is 4.45. The molecule has 1 saturated heterocycles. The van der Waals surface area contributed by atoms with Crippen LogP contribution in [0.25, 0.3) is 0 Å². The van der Waals surface area contributed by atoms with E-state index in [1.54, 1.807) is 20.3 Å². The summed E-state index contributed by atoms with van der Waals surface area (Å²) in [6, 6.07) is 13.5. The minimum atomic E-state index is -0.147. The molecule has 3 rings (SSSR count). The molecule has 6 heteroatoms. The maximum atomic E-state index is 12.8. The number of carbonyl (C=O) groups is 1. The highest BCUT2D eigenvalue weighted by atomic mass is 79.9. The topological polar surface area (TPSA) is 56.8 Å². The van der Waals surface area contributed by atoms with Crippen LogP contribution in [0.1, 0.15) is 28.8 Å². The van der Waals surface area contributed by atoms with Crippen molar-refractivity contribution >= 4 is 21.8 Å². The Labute approximate surface area is 168 Å². The Bertz CT molecular complexity index is 785. The quantitative estimate of drug-likeness (QED) is 0.749. The summed E-state index contributed by atoms with van der Waals surface area (Å²) in [7, 11) is 3.25. The largest absolute Gasteiger partial charge is 0.497 e. The van der Waals surface area contributed by atoms with Gasteiger partial charge in [-0.1, -0.05) is 12.1 Å². The van der Waals surface area contributed by atoms with Crippen LogP contribution in [-0.2, 0) is 10.2 Å². The summed E-state index contributed by atoms with van der Waals surface area (Å²) in [6.45, 7) is 1.92. The van der Waals surface area contributed by atoms with Crippen molar-refractivity contribution in [3.05, 3.63) is 58.1 Å². The highest BCUT2D eigenvalue weighted by Crippen LogP contribution is 2.35. The van der Waals surface area contributed by atoms with Crippen LogP contribution in [-0.4, -0.2) is 39.9 Å². The molecule has 1 aliphatic heterocycles. The van der Waals surface area contributed by atoms with E-state index < -0.39 is 0 Å². The second kappa shape index (κ2) is 8.76. The average Bonchev–Trinajstić information content (AvgIpc) is 2.73. The van der Waals surface area contributed by atoms with E-state index in [9.17, 15) is 4.79 Å². The first-order valence-electron chi connectivity index (χ1n) is 8.92. The molecule has 0 radical (unpaired) electrons. The maximum Gasteiger partial charge on any atom is 0.252 e. The van der Waals surface area contributed by atoms with E-state index in [2.05, 4.69) is 33.4 Å². The van der Waals surface area contributed by atoms with Gasteiger partial charge in [0.15, 0.2) is 0 Å². The molecule has 1 heterocycles. The zero-order valence-electron chi connectivity index (χ0n) is 15.6. The van der Waals surface area contributed by atoms with E-state index in [-0.39, 0.29) is 11.3 Å². The van der Waals surface area contributed by atoms with Gasteiger partial charge >= 0.3 is 0 Å². The van der Waals surface area contributed by atoms with E-state index >= 15 is 0 Å². The van der Waals surface area contributed by atoms with E-state index in [1.165, 1.54) is 5.56 Å². The van der Waals surface area contributed by atoms with Crippen LogP contribution in [0.2, 0.25) is 0 Å². The Kier molecular flexibility index (Phi) is 6.39. The van der Waals surface area contributed by atoms with Crippen molar-refractivity contribution in [1.29, 1.82) is 0 Å². The number of hydrogen-bond acceptors (Lipinski definition) is 4. The summed E-state index contributed by atoms with van der Waals surface area (Å²) in [5.74, 6) is 1.35. The minimum absolute atomic E-state index is 0.125. The van der Waals surface area contributed by atoms with Gasteiger partial charge in [-0.25, -0.2) is 0 Å². The van der Waals surface area contributed by atoms with E-state index in [1.807, 2.05) is 24.3 Å². The fourth-order valence-electron chi connectivity index (χ4n) is 3.42. The Morgan fingerprint density at radius 3 is 2.33 bits per heavy atom. The number of halogens is 1. The van der Waals surface area contributed by atoms with Crippen LogP contribution in [0.3, 0.4) is 0 Å². The van der Waals surface area contributed by atoms with Crippen LogP contribution in [0.15, 0.2) is 46.9 Å². The number of nitrogens with one attached hydrogen (secondary N) is 1. The molecular formula is C21H24BrNO4. The summed E-state index contributed by atoms with van der Waals surface area (Å²) in [5.41, 5.74) is 1.61. The molecule has 2 aromatic carbocycles. The number of methoxy groups -OCH3 is 2. The maximum absolute atomic E-state index is 12.8. The molecule has 1 amide bonds. The van der Waals surface area contributed by atoms with Gasteiger partial charge in [-0.3, -0.25) is 4.79 Å². The van der Waals surface area contributed by atoms with Crippen molar-refractivity contribution in [2.75, 3.05) is 34.0 Å². The second-order valence-electron chi connectivity index (χ2n) is 6.65. The average molecular weight is 434 g/mol. The SMILES string of the molecule is COc1ccc(C2(CNC(=O)c3cc(OC)ccc3Br)CCOCC2)cc1. The van der Waals surface area contributed by atoms with Crippen LogP contribution in [0.5, 0.6) is 11.5 Å². The van der Waals surface area contributed by atoms with Gasteiger partial charge in [-0.2, -0.15) is 0 Å². The van der Waals surface area contributed by atoms with Gasteiger partial charge in [0.05, 0.1) is 19.8 Å². The molecule has 144 valence electrons. The molecule has 1 N–H and O–H groups in total. The number of rotatable bonds is 6. The fraction of sp³-hybridized carbons (Fsp3) is 0.381. The lowest BCUT2D eigenvalue weighted by molar-refractivity contribution is 0.0487. The van der Waals surface area contributed by atoms with Crippen molar-refractivity contribution < 1.29 is 19.0 Å². The number of benzene rings is 2. The van der Waals surface area contributed by atoms with Gasteiger partial charge in [-0.15, -0.1) is 0 Å². The lowest BCUT2D eigenvalue weighted by Gasteiger charge is -2.38. The lowest BCUT2D eigenvalue weighted by Crippen LogP contribution is -2.44. The first kappa shape index (κ1) is 19.7. The molecule has 0 unspecified atom stereocenters. The molecule has 1 fully saturated rings. The normalized spacial score (nSPS) is 15.8. The predicted molar refractivity (Wildman–Crippen MR) is 108 cm³/mol. The van der Waals surface area contributed by atoms with Crippen LogP contribution in [0, 0.1) is 0 Å². The standard InChI is InChI=1S/C21H24BrNO4/c1-25-16-5-3-15(4-6-16)21(9-11-27-12-10-21)14-23-20(24)18-13-17(26-2)7-8-19(18)22/h3-8,13H,9-12,14H2,1-2H3,(H,23,24). The summed E-state index contributed by atoms with van der Waals surface area (Å²) in [6.07, 6.45) is 1.72. The van der Waals surface area contributed by atoms with Crippen LogP contribution in [0.4, 0.5) is 0 Å². The van der Waals surface area contributed by atoms with E-state index in [0.717, 1.165) is 23.1 Å². The van der Waals surface area contributed by atoms with Gasteiger partial charge in [0, 0.05) is 29.6 Å². The fourth-order valence-corrected chi connectivity index (χ4v) is 3.85. The third-order valence-electron chi connectivity index (χ3n) is 5.16. The summed E-state index contributed by atoms with van der Waals surface area (Å²) < 4.78 is 16.8. The highest BCUT2D eigenvalue weighted by molar-refractivity contribution is 9.10. The molecule has 0 atom stereocenters. The molecule has 1 aliphatic rings. The molecule has 2 aromatic rings. The molecule has 0 bridgehead atoms. The van der Waals surface area contributed by atoms with Crippen molar-refractivity contribution in [1.82, 2.24) is 5.32 Å².